The molecular formula is C19H25ClN6O2. The Morgan fingerprint density at radius 2 is 2.04 bits per heavy atom. The highest BCUT2D eigenvalue weighted by atomic mass is 35.5. The van der Waals surface area contributed by atoms with Gasteiger partial charge in [-0.15, -0.1) is 0 Å². The molecule has 4 rings (SSSR count). The van der Waals surface area contributed by atoms with Crippen LogP contribution in [0.15, 0.2) is 29.4 Å². The lowest BCUT2D eigenvalue weighted by atomic mass is 10.1. The van der Waals surface area contributed by atoms with Crippen molar-refractivity contribution in [2.24, 2.45) is 5.10 Å². The maximum atomic E-state index is 13.2. The minimum absolute atomic E-state index is 0.141. The van der Waals surface area contributed by atoms with Gasteiger partial charge in [0, 0.05) is 30.9 Å². The normalized spacial score (nSPS) is 27.8. The Morgan fingerprint density at radius 3 is 2.75 bits per heavy atom. The SMILES string of the molecule is CCCN1C(=O)C2C(NC3N(Cc4ccccc4Cl)N=C(C)CN23)N(C)C1=O. The number of carbonyl (C=O) groups is 2. The van der Waals surface area contributed by atoms with Gasteiger partial charge in [0.15, 0.2) is 6.29 Å². The molecule has 0 radical (unpaired) electrons. The van der Waals surface area contributed by atoms with E-state index in [1.54, 1.807) is 11.9 Å². The Balaban J connectivity index is 1.64. The zero-order chi connectivity index (χ0) is 20.0. The molecule has 3 atom stereocenters. The van der Waals surface area contributed by atoms with Crippen molar-refractivity contribution in [3.63, 3.8) is 0 Å². The number of halogens is 1. The number of benzene rings is 1. The Bertz CT molecular complexity index is 830. The molecule has 3 heterocycles. The number of fused-ring (bicyclic) bond motifs is 3. The van der Waals surface area contributed by atoms with Gasteiger partial charge in [-0.05, 0) is 25.0 Å². The van der Waals surface area contributed by atoms with E-state index in [2.05, 4.69) is 10.2 Å². The summed E-state index contributed by atoms with van der Waals surface area (Å²) in [6, 6.07) is 6.98. The summed E-state index contributed by atoms with van der Waals surface area (Å²) in [5.41, 5.74) is 1.88. The molecular weight excluding hydrogens is 380 g/mol. The number of hydrogen-bond donors (Lipinski definition) is 1. The van der Waals surface area contributed by atoms with E-state index in [0.717, 1.165) is 17.7 Å². The van der Waals surface area contributed by atoms with Gasteiger partial charge in [0.25, 0.3) is 5.91 Å². The average molecular weight is 405 g/mol. The first-order chi connectivity index (χ1) is 13.4. The van der Waals surface area contributed by atoms with Crippen LogP contribution >= 0.6 is 11.6 Å². The van der Waals surface area contributed by atoms with Crippen molar-refractivity contribution in [2.75, 3.05) is 20.1 Å². The lowest BCUT2D eigenvalue weighted by Gasteiger charge is -2.42. The first kappa shape index (κ1) is 19.2. The van der Waals surface area contributed by atoms with Gasteiger partial charge in [-0.2, -0.15) is 5.10 Å². The number of urea groups is 1. The van der Waals surface area contributed by atoms with Crippen LogP contribution in [0.25, 0.3) is 0 Å². The van der Waals surface area contributed by atoms with Gasteiger partial charge in [-0.1, -0.05) is 36.7 Å². The van der Waals surface area contributed by atoms with Crippen LogP contribution in [0, 0.1) is 0 Å². The van der Waals surface area contributed by atoms with Crippen molar-refractivity contribution < 1.29 is 9.59 Å². The summed E-state index contributed by atoms with van der Waals surface area (Å²) in [4.78, 5) is 30.9. The molecule has 0 spiro atoms. The van der Waals surface area contributed by atoms with E-state index in [1.807, 2.05) is 43.1 Å². The number of imide groups is 1. The summed E-state index contributed by atoms with van der Waals surface area (Å²) in [5.74, 6) is -0.141. The molecule has 3 aliphatic rings. The number of rotatable bonds is 4. The first-order valence-corrected chi connectivity index (χ1v) is 9.94. The standard InChI is InChI=1S/C19H25ClN6O2/c1-4-9-24-17(27)15-16(23(3)19(24)28)21-18-25(15)10-12(2)22-26(18)11-13-7-5-6-8-14(13)20/h5-8,15-16,18,21H,4,9-11H2,1-3H3. The van der Waals surface area contributed by atoms with E-state index in [9.17, 15) is 9.59 Å². The molecule has 0 aliphatic carbocycles. The Hall–Kier alpha value is -2.16. The molecule has 1 aromatic carbocycles. The van der Waals surface area contributed by atoms with Crippen molar-refractivity contribution in [3.05, 3.63) is 34.9 Å². The van der Waals surface area contributed by atoms with Crippen LogP contribution in [-0.2, 0) is 11.3 Å². The van der Waals surface area contributed by atoms with Gasteiger partial charge >= 0.3 is 6.03 Å². The fourth-order valence-electron chi connectivity index (χ4n) is 4.20. The molecule has 8 nitrogen and oxygen atoms in total. The molecule has 2 fully saturated rings. The Morgan fingerprint density at radius 1 is 1.29 bits per heavy atom. The van der Waals surface area contributed by atoms with Crippen LogP contribution in [0.3, 0.4) is 0 Å². The summed E-state index contributed by atoms with van der Waals surface area (Å²) in [6.07, 6.45) is 0.0716. The van der Waals surface area contributed by atoms with Crippen molar-refractivity contribution in [1.82, 2.24) is 25.0 Å². The Kier molecular flexibility index (Phi) is 5.03. The maximum absolute atomic E-state index is 13.2. The van der Waals surface area contributed by atoms with Gasteiger partial charge in [0.05, 0.1) is 6.54 Å². The number of hydrazone groups is 1. The molecule has 2 saturated heterocycles. The molecule has 0 saturated carbocycles. The van der Waals surface area contributed by atoms with E-state index >= 15 is 0 Å². The van der Waals surface area contributed by atoms with Gasteiger partial charge in [-0.3, -0.25) is 20.0 Å². The summed E-state index contributed by atoms with van der Waals surface area (Å²) in [6.45, 7) is 5.43. The second-order valence-electron chi connectivity index (χ2n) is 7.51. The first-order valence-electron chi connectivity index (χ1n) is 9.56. The third-order valence-electron chi connectivity index (χ3n) is 5.49. The molecule has 28 heavy (non-hydrogen) atoms. The summed E-state index contributed by atoms with van der Waals surface area (Å²) in [7, 11) is 1.74. The smallest absolute Gasteiger partial charge is 0.310 e. The molecule has 1 N–H and O–H groups in total. The largest absolute Gasteiger partial charge is 0.327 e. The van der Waals surface area contributed by atoms with E-state index in [4.69, 9.17) is 16.7 Å². The van der Waals surface area contributed by atoms with Crippen LogP contribution in [0.1, 0.15) is 25.8 Å². The zero-order valence-corrected chi connectivity index (χ0v) is 17.1. The van der Waals surface area contributed by atoms with Crippen molar-refractivity contribution in [1.29, 1.82) is 0 Å². The van der Waals surface area contributed by atoms with E-state index < -0.39 is 6.04 Å². The van der Waals surface area contributed by atoms with Crippen LogP contribution in [0.4, 0.5) is 4.79 Å². The fraction of sp³-hybridized carbons (Fsp3) is 0.526. The third-order valence-corrected chi connectivity index (χ3v) is 5.86. The molecule has 3 unspecified atom stereocenters. The Labute approximate surface area is 169 Å². The highest BCUT2D eigenvalue weighted by molar-refractivity contribution is 6.31. The van der Waals surface area contributed by atoms with Gasteiger partial charge in [-0.25, -0.2) is 9.69 Å². The molecule has 0 bridgehead atoms. The number of likely N-dealkylation sites (N-methyl/N-ethyl adjacent to an activating group) is 1. The molecule has 9 heteroatoms. The maximum Gasteiger partial charge on any atom is 0.327 e. The lowest BCUT2D eigenvalue weighted by molar-refractivity contribution is -0.139. The number of nitrogens with one attached hydrogen (secondary N) is 1. The van der Waals surface area contributed by atoms with Crippen molar-refractivity contribution >= 4 is 29.3 Å². The quantitative estimate of drug-likeness (QED) is 0.827. The number of hydrogen-bond acceptors (Lipinski definition) is 6. The van der Waals surface area contributed by atoms with Crippen molar-refractivity contribution in [3.8, 4) is 0 Å². The second-order valence-corrected chi connectivity index (χ2v) is 7.92. The summed E-state index contributed by atoms with van der Waals surface area (Å²) < 4.78 is 0. The minimum atomic E-state index is -0.432. The van der Waals surface area contributed by atoms with Gasteiger partial charge < -0.3 is 4.90 Å². The highest BCUT2D eigenvalue weighted by Crippen LogP contribution is 2.31. The van der Waals surface area contributed by atoms with Crippen LogP contribution in [-0.4, -0.2) is 76.0 Å². The molecule has 3 amide bonds. The van der Waals surface area contributed by atoms with Crippen molar-refractivity contribution in [2.45, 2.75) is 45.3 Å². The predicted molar refractivity (Wildman–Crippen MR) is 106 cm³/mol. The summed E-state index contributed by atoms with van der Waals surface area (Å²) >= 11 is 6.34. The number of nitrogens with zero attached hydrogens (tertiary/aromatic N) is 5. The van der Waals surface area contributed by atoms with Gasteiger partial charge in [0.1, 0.15) is 12.2 Å². The third kappa shape index (κ3) is 3.05. The molecule has 3 aliphatic heterocycles. The topological polar surface area (TPSA) is 71.5 Å². The van der Waals surface area contributed by atoms with E-state index in [1.165, 1.54) is 4.90 Å². The fourth-order valence-corrected chi connectivity index (χ4v) is 4.40. The minimum Gasteiger partial charge on any atom is -0.310 e. The highest BCUT2D eigenvalue weighted by Gasteiger charge is 2.56. The van der Waals surface area contributed by atoms with Gasteiger partial charge in [0.2, 0.25) is 0 Å². The zero-order valence-electron chi connectivity index (χ0n) is 16.3. The van der Waals surface area contributed by atoms with E-state index in [0.29, 0.717) is 24.7 Å². The van der Waals surface area contributed by atoms with Crippen LogP contribution in [0.2, 0.25) is 5.02 Å². The predicted octanol–water partition coefficient (Wildman–Crippen LogP) is 1.72. The van der Waals surface area contributed by atoms with Crippen LogP contribution in [0.5, 0.6) is 0 Å². The van der Waals surface area contributed by atoms with Crippen LogP contribution < -0.4 is 5.32 Å². The molecule has 1 aromatic rings. The molecule has 150 valence electrons. The lowest BCUT2D eigenvalue weighted by Crippen LogP contribution is -2.66. The van der Waals surface area contributed by atoms with E-state index in [-0.39, 0.29) is 24.4 Å². The number of carbonyl (C=O) groups excluding carboxylic acids is 2. The second kappa shape index (κ2) is 7.35. The molecule has 0 aromatic heterocycles. The monoisotopic (exact) mass is 404 g/mol. The summed E-state index contributed by atoms with van der Waals surface area (Å²) in [5, 5.41) is 10.7. The number of amides is 3. The average Bonchev–Trinajstić information content (AvgIpc) is 3.05.